The summed E-state index contributed by atoms with van der Waals surface area (Å²) in [6, 6.07) is 3.48. The van der Waals surface area contributed by atoms with E-state index in [-0.39, 0.29) is 12.8 Å². The Labute approximate surface area is 104 Å². The first-order valence-electron chi connectivity index (χ1n) is 4.52. The zero-order chi connectivity index (χ0) is 11.7. The number of oxazole rings is 1. The van der Waals surface area contributed by atoms with Crippen LogP contribution in [-0.4, -0.2) is 16.1 Å². The number of aryl methyl sites for hydroxylation is 1. The van der Waals surface area contributed by atoms with Gasteiger partial charge in [0.25, 0.3) is 0 Å². The summed E-state index contributed by atoms with van der Waals surface area (Å²) in [7, 11) is 0. The van der Waals surface area contributed by atoms with Crippen LogP contribution in [-0.2, 0) is 11.2 Å². The Hall–Kier alpha value is -1.07. The highest BCUT2D eigenvalue weighted by Crippen LogP contribution is 2.28. The number of carboxylic acid groups (broad SMARTS) is 1. The number of nitrogens with zero attached hydrogens (tertiary/aromatic N) is 1. The van der Waals surface area contributed by atoms with Crippen molar-refractivity contribution in [3.63, 3.8) is 0 Å². The van der Waals surface area contributed by atoms with Gasteiger partial charge in [-0.15, -0.1) is 0 Å². The number of fused-ring (bicyclic) bond motifs is 1. The zero-order valence-electron chi connectivity index (χ0n) is 8.04. The molecule has 1 aromatic heterocycles. The van der Waals surface area contributed by atoms with Crippen molar-refractivity contribution in [1.29, 1.82) is 0 Å². The average Bonchev–Trinajstić information content (AvgIpc) is 2.57. The fourth-order valence-corrected chi connectivity index (χ4v) is 2.16. The molecule has 0 aliphatic carbocycles. The lowest BCUT2D eigenvalue weighted by Crippen LogP contribution is -1.97. The molecule has 0 radical (unpaired) electrons. The lowest BCUT2D eigenvalue weighted by atomic mass is 10.3. The highest BCUT2D eigenvalue weighted by Gasteiger charge is 2.11. The van der Waals surface area contributed by atoms with Gasteiger partial charge in [-0.05, 0) is 12.1 Å². The van der Waals surface area contributed by atoms with Crippen LogP contribution in [0.1, 0.15) is 12.3 Å². The van der Waals surface area contributed by atoms with Gasteiger partial charge in [-0.25, -0.2) is 4.98 Å². The highest BCUT2D eigenvalue weighted by molar-refractivity contribution is 9.10. The molecule has 0 aliphatic heterocycles. The molecular weight excluding hydrogens is 297 g/mol. The number of hydrogen-bond donors (Lipinski definition) is 1. The molecule has 1 aromatic carbocycles. The van der Waals surface area contributed by atoms with Gasteiger partial charge in [0, 0.05) is 10.9 Å². The number of halogens is 2. The van der Waals surface area contributed by atoms with E-state index in [1.165, 1.54) is 0 Å². The number of aliphatic carboxylic acids is 1. The number of carboxylic acids is 1. The molecule has 0 bridgehead atoms. The second-order valence-corrected chi connectivity index (χ2v) is 4.56. The second kappa shape index (κ2) is 4.43. The van der Waals surface area contributed by atoms with Crippen LogP contribution >= 0.6 is 27.5 Å². The van der Waals surface area contributed by atoms with Crippen molar-refractivity contribution in [2.24, 2.45) is 0 Å². The normalized spacial score (nSPS) is 10.9. The van der Waals surface area contributed by atoms with Gasteiger partial charge in [-0.3, -0.25) is 4.79 Å². The first kappa shape index (κ1) is 11.4. The Balaban J connectivity index is 2.36. The smallest absolute Gasteiger partial charge is 0.303 e. The van der Waals surface area contributed by atoms with Crippen molar-refractivity contribution in [3.8, 4) is 0 Å². The quantitative estimate of drug-likeness (QED) is 0.945. The number of rotatable bonds is 3. The molecule has 84 valence electrons. The van der Waals surface area contributed by atoms with E-state index < -0.39 is 5.97 Å². The summed E-state index contributed by atoms with van der Waals surface area (Å²) in [6.45, 7) is 0. The maximum atomic E-state index is 10.4. The SMILES string of the molecule is O=C(O)CCc1nc2cc(Br)cc(Cl)c2o1. The maximum absolute atomic E-state index is 10.4. The number of carbonyl (C=O) groups is 1. The van der Waals surface area contributed by atoms with Gasteiger partial charge < -0.3 is 9.52 Å². The predicted molar refractivity (Wildman–Crippen MR) is 62.7 cm³/mol. The summed E-state index contributed by atoms with van der Waals surface area (Å²) in [5.74, 6) is -0.494. The van der Waals surface area contributed by atoms with E-state index in [2.05, 4.69) is 20.9 Å². The Bertz CT molecular complexity index is 552. The molecule has 0 amide bonds. The maximum Gasteiger partial charge on any atom is 0.303 e. The van der Waals surface area contributed by atoms with Crippen molar-refractivity contribution in [1.82, 2.24) is 4.98 Å². The third kappa shape index (κ3) is 2.36. The summed E-state index contributed by atoms with van der Waals surface area (Å²) in [4.78, 5) is 14.6. The van der Waals surface area contributed by atoms with Gasteiger partial charge in [-0.1, -0.05) is 27.5 Å². The molecule has 6 heteroatoms. The molecule has 0 saturated heterocycles. The topological polar surface area (TPSA) is 63.3 Å². The summed E-state index contributed by atoms with van der Waals surface area (Å²) in [5, 5.41) is 9.00. The van der Waals surface area contributed by atoms with Crippen molar-refractivity contribution in [2.45, 2.75) is 12.8 Å². The van der Waals surface area contributed by atoms with Crippen molar-refractivity contribution >= 4 is 44.6 Å². The van der Waals surface area contributed by atoms with Gasteiger partial charge in [0.15, 0.2) is 11.5 Å². The summed E-state index contributed by atoms with van der Waals surface area (Å²) in [6.07, 6.45) is 0.254. The van der Waals surface area contributed by atoms with E-state index in [9.17, 15) is 4.79 Å². The largest absolute Gasteiger partial charge is 0.481 e. The molecule has 0 saturated carbocycles. The molecule has 0 spiro atoms. The molecule has 0 atom stereocenters. The minimum absolute atomic E-state index is 0.00832. The molecule has 1 N–H and O–H groups in total. The average molecular weight is 305 g/mol. The molecule has 0 fully saturated rings. The van der Waals surface area contributed by atoms with E-state index >= 15 is 0 Å². The number of benzene rings is 1. The van der Waals surface area contributed by atoms with Gasteiger partial charge in [0.05, 0.1) is 11.4 Å². The van der Waals surface area contributed by atoms with Crippen LogP contribution in [0.4, 0.5) is 0 Å². The van der Waals surface area contributed by atoms with E-state index in [0.717, 1.165) is 4.47 Å². The molecule has 2 rings (SSSR count). The number of hydrogen-bond acceptors (Lipinski definition) is 3. The van der Waals surface area contributed by atoms with Crippen molar-refractivity contribution in [2.75, 3.05) is 0 Å². The lowest BCUT2D eigenvalue weighted by molar-refractivity contribution is -0.137. The third-order valence-electron chi connectivity index (χ3n) is 2.01. The molecule has 16 heavy (non-hydrogen) atoms. The zero-order valence-corrected chi connectivity index (χ0v) is 10.4. The first-order valence-corrected chi connectivity index (χ1v) is 5.69. The second-order valence-electron chi connectivity index (χ2n) is 3.24. The Morgan fingerprint density at radius 3 is 3.00 bits per heavy atom. The van der Waals surface area contributed by atoms with Crippen LogP contribution in [0, 0.1) is 0 Å². The Kier molecular flexibility index (Phi) is 3.16. The highest BCUT2D eigenvalue weighted by atomic mass is 79.9. The lowest BCUT2D eigenvalue weighted by Gasteiger charge is -1.92. The van der Waals surface area contributed by atoms with E-state index in [1.54, 1.807) is 12.1 Å². The predicted octanol–water partition coefficient (Wildman–Crippen LogP) is 3.26. The summed E-state index contributed by atoms with van der Waals surface area (Å²) in [5.41, 5.74) is 1.12. The molecule has 0 unspecified atom stereocenters. The van der Waals surface area contributed by atoms with E-state index in [1.807, 2.05) is 0 Å². The van der Waals surface area contributed by atoms with Crippen LogP contribution in [0.5, 0.6) is 0 Å². The monoisotopic (exact) mass is 303 g/mol. The van der Waals surface area contributed by atoms with Gasteiger partial charge in [0.2, 0.25) is 0 Å². The fraction of sp³-hybridized carbons (Fsp3) is 0.200. The van der Waals surface area contributed by atoms with Crippen LogP contribution < -0.4 is 0 Å². The minimum atomic E-state index is -0.880. The molecule has 0 aliphatic rings. The van der Waals surface area contributed by atoms with Crippen LogP contribution in [0.15, 0.2) is 21.0 Å². The van der Waals surface area contributed by atoms with Crippen LogP contribution in [0.2, 0.25) is 5.02 Å². The van der Waals surface area contributed by atoms with Crippen molar-refractivity contribution < 1.29 is 14.3 Å². The first-order chi connectivity index (χ1) is 7.56. The number of aromatic nitrogens is 1. The van der Waals surface area contributed by atoms with Crippen LogP contribution in [0.3, 0.4) is 0 Å². The standard InChI is InChI=1S/C10H7BrClNO3/c11-5-3-6(12)10-7(4-5)13-8(16-10)1-2-9(14)15/h3-4H,1-2H2,(H,14,15). The molecule has 1 heterocycles. The van der Waals surface area contributed by atoms with Crippen molar-refractivity contribution in [3.05, 3.63) is 27.5 Å². The van der Waals surface area contributed by atoms with E-state index in [0.29, 0.717) is 22.0 Å². The third-order valence-corrected chi connectivity index (χ3v) is 2.75. The van der Waals surface area contributed by atoms with E-state index in [4.69, 9.17) is 21.1 Å². The molecular formula is C10H7BrClNO3. The summed E-state index contributed by atoms with van der Waals surface area (Å²) >= 11 is 9.25. The van der Waals surface area contributed by atoms with Crippen LogP contribution in [0.25, 0.3) is 11.1 Å². The minimum Gasteiger partial charge on any atom is -0.481 e. The summed E-state index contributed by atoms with van der Waals surface area (Å²) < 4.78 is 6.19. The Morgan fingerprint density at radius 2 is 2.31 bits per heavy atom. The fourth-order valence-electron chi connectivity index (χ4n) is 1.33. The molecule has 2 aromatic rings. The molecule has 4 nitrogen and oxygen atoms in total. The van der Waals surface area contributed by atoms with Gasteiger partial charge in [0.1, 0.15) is 5.52 Å². The van der Waals surface area contributed by atoms with Gasteiger partial charge in [-0.2, -0.15) is 0 Å². The Morgan fingerprint density at radius 1 is 1.56 bits per heavy atom. The van der Waals surface area contributed by atoms with Gasteiger partial charge >= 0.3 is 5.97 Å².